The molecule has 0 bridgehead atoms. The predicted octanol–water partition coefficient (Wildman–Crippen LogP) is 5.36. The van der Waals surface area contributed by atoms with Crippen LogP contribution in [0.25, 0.3) is 0 Å². The van der Waals surface area contributed by atoms with Crippen LogP contribution >= 0.6 is 12.4 Å². The number of hydrogen-bond acceptors (Lipinski definition) is 3. The van der Waals surface area contributed by atoms with Crippen LogP contribution in [0.4, 0.5) is 5.69 Å². The Bertz CT molecular complexity index is 984. The number of likely N-dealkylation sites (N-methyl/N-ethyl adjacent to an activating group) is 1. The summed E-state index contributed by atoms with van der Waals surface area (Å²) in [6.45, 7) is 13.5. The molecule has 5 heteroatoms. The Labute approximate surface area is 192 Å². The Balaban J connectivity index is 0.00000272. The zero-order valence-electron chi connectivity index (χ0n) is 19.7. The summed E-state index contributed by atoms with van der Waals surface area (Å²) in [6, 6.07) is 12.3. The lowest BCUT2D eigenvalue weighted by atomic mass is 9.70. The summed E-state index contributed by atoms with van der Waals surface area (Å²) in [7, 11) is 1.88. The van der Waals surface area contributed by atoms with Crippen LogP contribution < -0.4 is 10.2 Å². The van der Waals surface area contributed by atoms with E-state index in [4.69, 9.17) is 0 Å². The van der Waals surface area contributed by atoms with Gasteiger partial charge in [0.15, 0.2) is 0 Å². The third-order valence-corrected chi connectivity index (χ3v) is 6.87. The van der Waals surface area contributed by atoms with Crippen molar-refractivity contribution in [3.05, 3.63) is 58.7 Å². The normalized spacial score (nSPS) is 23.3. The van der Waals surface area contributed by atoms with Gasteiger partial charge in [0.25, 0.3) is 0 Å². The lowest BCUT2D eigenvalue weighted by Gasteiger charge is -2.34. The molecule has 2 N–H and O–H groups in total. The fourth-order valence-electron chi connectivity index (χ4n) is 5.29. The standard InChI is InChI=1S/C26H34N2O2.ClH/c1-24(2,3)18-14-16(15-19(21(18)29)25(4,5)6)22-26(12-13-27-22)17-10-8-9-11-20(17)28(7)23(26)30;/h8-11,14-15,22,27,29H,12-13H2,1-7H3;1H. The Morgan fingerprint density at radius 3 is 2.13 bits per heavy atom. The zero-order chi connectivity index (χ0) is 22.1. The van der Waals surface area contributed by atoms with Gasteiger partial charge in [-0.05, 0) is 64.2 Å². The maximum Gasteiger partial charge on any atom is 0.239 e. The maximum atomic E-state index is 13.6. The number of aromatic hydroxyl groups is 1. The molecule has 2 heterocycles. The summed E-state index contributed by atoms with van der Waals surface area (Å²) in [4.78, 5) is 15.4. The summed E-state index contributed by atoms with van der Waals surface area (Å²) in [6.07, 6.45) is 0.772. The van der Waals surface area contributed by atoms with Gasteiger partial charge in [-0.15, -0.1) is 12.4 Å². The Morgan fingerprint density at radius 2 is 1.58 bits per heavy atom. The molecule has 1 saturated heterocycles. The van der Waals surface area contributed by atoms with Gasteiger partial charge in [-0.3, -0.25) is 4.79 Å². The molecule has 0 aromatic heterocycles. The minimum atomic E-state index is -0.605. The van der Waals surface area contributed by atoms with Gasteiger partial charge in [0, 0.05) is 12.7 Å². The molecular formula is C26H35ClN2O2. The van der Waals surface area contributed by atoms with Gasteiger partial charge in [-0.1, -0.05) is 59.7 Å². The van der Waals surface area contributed by atoms with E-state index in [-0.39, 0.29) is 35.2 Å². The van der Waals surface area contributed by atoms with Crippen molar-refractivity contribution in [1.29, 1.82) is 0 Å². The van der Waals surface area contributed by atoms with Crippen molar-refractivity contribution in [2.45, 2.75) is 70.3 Å². The first kappa shape index (κ1) is 23.6. The van der Waals surface area contributed by atoms with Crippen LogP contribution in [0, 0.1) is 0 Å². The molecule has 2 unspecified atom stereocenters. The van der Waals surface area contributed by atoms with Crippen molar-refractivity contribution in [3.8, 4) is 5.75 Å². The molecule has 1 spiro atoms. The molecule has 1 fully saturated rings. The number of carbonyl (C=O) groups is 1. The Morgan fingerprint density at radius 1 is 1.03 bits per heavy atom. The quantitative estimate of drug-likeness (QED) is 0.625. The summed E-state index contributed by atoms with van der Waals surface area (Å²) >= 11 is 0. The fraction of sp³-hybridized carbons (Fsp3) is 0.500. The zero-order valence-corrected chi connectivity index (χ0v) is 20.5. The SMILES string of the molecule is CN1C(=O)C2(CCNC2c2cc(C(C)(C)C)c(O)c(C(C)(C)C)c2)c2ccccc21.Cl. The molecule has 2 aromatic carbocycles. The molecule has 31 heavy (non-hydrogen) atoms. The lowest BCUT2D eigenvalue weighted by molar-refractivity contribution is -0.123. The van der Waals surface area contributed by atoms with Crippen molar-refractivity contribution in [2.75, 3.05) is 18.5 Å². The van der Waals surface area contributed by atoms with Gasteiger partial charge in [-0.2, -0.15) is 0 Å². The largest absolute Gasteiger partial charge is 0.507 e. The van der Waals surface area contributed by atoms with Crippen molar-refractivity contribution in [3.63, 3.8) is 0 Å². The minimum absolute atomic E-state index is 0. The van der Waals surface area contributed by atoms with E-state index < -0.39 is 5.41 Å². The number of phenols is 1. The number of para-hydroxylation sites is 1. The molecule has 2 aliphatic heterocycles. The third-order valence-electron chi connectivity index (χ3n) is 6.87. The van der Waals surface area contributed by atoms with Crippen LogP contribution in [0.1, 0.15) is 76.3 Å². The molecular weight excluding hydrogens is 408 g/mol. The first-order chi connectivity index (χ1) is 13.9. The predicted molar refractivity (Wildman–Crippen MR) is 130 cm³/mol. The number of amides is 1. The molecule has 0 radical (unpaired) electrons. The Hall–Kier alpha value is -2.04. The first-order valence-corrected chi connectivity index (χ1v) is 10.9. The second-order valence-electron chi connectivity index (χ2n) is 11.0. The highest BCUT2D eigenvalue weighted by atomic mass is 35.5. The average molecular weight is 443 g/mol. The third kappa shape index (κ3) is 3.44. The lowest BCUT2D eigenvalue weighted by Crippen LogP contribution is -2.42. The minimum Gasteiger partial charge on any atom is -0.507 e. The summed E-state index contributed by atoms with van der Waals surface area (Å²) in [5.41, 5.74) is 4.03. The number of benzene rings is 2. The Kier molecular flexibility index (Phi) is 5.74. The van der Waals surface area contributed by atoms with Gasteiger partial charge in [0.2, 0.25) is 5.91 Å². The fourth-order valence-corrected chi connectivity index (χ4v) is 5.29. The molecule has 4 nitrogen and oxygen atoms in total. The van der Waals surface area contributed by atoms with Crippen LogP contribution in [0.5, 0.6) is 5.75 Å². The second-order valence-corrected chi connectivity index (χ2v) is 11.0. The highest BCUT2D eigenvalue weighted by Gasteiger charge is 2.57. The number of nitrogens with zero attached hydrogens (tertiary/aromatic N) is 1. The van der Waals surface area contributed by atoms with E-state index in [9.17, 15) is 9.90 Å². The topological polar surface area (TPSA) is 52.6 Å². The van der Waals surface area contributed by atoms with E-state index in [0.29, 0.717) is 5.75 Å². The molecule has 1 amide bonds. The van der Waals surface area contributed by atoms with Crippen molar-refractivity contribution in [2.24, 2.45) is 0 Å². The van der Waals surface area contributed by atoms with E-state index in [1.807, 2.05) is 30.1 Å². The van der Waals surface area contributed by atoms with Crippen LogP contribution in [-0.2, 0) is 21.0 Å². The van der Waals surface area contributed by atoms with Crippen molar-refractivity contribution in [1.82, 2.24) is 5.32 Å². The second kappa shape index (κ2) is 7.53. The number of halogens is 1. The van der Waals surface area contributed by atoms with Gasteiger partial charge in [0.05, 0.1) is 11.5 Å². The summed E-state index contributed by atoms with van der Waals surface area (Å²) in [5.74, 6) is 0.530. The molecule has 0 aliphatic carbocycles. The van der Waals surface area contributed by atoms with Gasteiger partial charge < -0.3 is 15.3 Å². The highest BCUT2D eigenvalue weighted by Crippen LogP contribution is 2.54. The molecule has 2 atom stereocenters. The van der Waals surface area contributed by atoms with E-state index >= 15 is 0 Å². The van der Waals surface area contributed by atoms with E-state index in [1.165, 1.54) is 0 Å². The maximum absolute atomic E-state index is 13.6. The summed E-state index contributed by atoms with van der Waals surface area (Å²) < 4.78 is 0. The van der Waals surface area contributed by atoms with Gasteiger partial charge in [-0.25, -0.2) is 0 Å². The average Bonchev–Trinajstić information content (AvgIpc) is 3.18. The monoisotopic (exact) mass is 442 g/mol. The van der Waals surface area contributed by atoms with Gasteiger partial charge in [0.1, 0.15) is 5.75 Å². The molecule has 2 aromatic rings. The first-order valence-electron chi connectivity index (χ1n) is 10.9. The molecule has 4 rings (SSSR count). The number of anilines is 1. The number of fused-ring (bicyclic) bond motifs is 2. The smallest absolute Gasteiger partial charge is 0.239 e. The molecule has 0 saturated carbocycles. The van der Waals surface area contributed by atoms with Crippen LogP contribution in [-0.4, -0.2) is 24.6 Å². The van der Waals surface area contributed by atoms with Crippen LogP contribution in [0.2, 0.25) is 0 Å². The van der Waals surface area contributed by atoms with Crippen molar-refractivity contribution < 1.29 is 9.90 Å². The van der Waals surface area contributed by atoms with E-state index in [0.717, 1.165) is 40.9 Å². The number of nitrogens with one attached hydrogen (secondary N) is 1. The molecule has 168 valence electrons. The van der Waals surface area contributed by atoms with Crippen molar-refractivity contribution >= 4 is 24.0 Å². The van der Waals surface area contributed by atoms with E-state index in [1.54, 1.807) is 0 Å². The molecule has 2 aliphatic rings. The number of rotatable bonds is 1. The number of carbonyl (C=O) groups excluding carboxylic acids is 1. The number of hydrogen-bond donors (Lipinski definition) is 2. The van der Waals surface area contributed by atoms with Crippen LogP contribution in [0.15, 0.2) is 36.4 Å². The number of phenolic OH excluding ortho intramolecular Hbond substituents is 1. The van der Waals surface area contributed by atoms with E-state index in [2.05, 4.69) is 65.1 Å². The van der Waals surface area contributed by atoms with Crippen LogP contribution in [0.3, 0.4) is 0 Å². The highest BCUT2D eigenvalue weighted by molar-refractivity contribution is 6.08. The van der Waals surface area contributed by atoms with Gasteiger partial charge >= 0.3 is 0 Å². The summed E-state index contributed by atoms with van der Waals surface area (Å²) in [5, 5.41) is 14.8.